The molecule has 1 rings (SSSR count). The number of rotatable bonds is 7. The lowest BCUT2D eigenvalue weighted by Crippen LogP contribution is -2.19. The molecule has 0 radical (unpaired) electrons. The minimum atomic E-state index is -0.392. The fraction of sp³-hybridized carbons (Fsp3) is 0.643. The summed E-state index contributed by atoms with van der Waals surface area (Å²) in [5, 5.41) is 0.869. The van der Waals surface area contributed by atoms with E-state index >= 15 is 0 Å². The number of nitrogens with two attached hydrogens (primary N) is 1. The van der Waals surface area contributed by atoms with Gasteiger partial charge in [0.05, 0.1) is 13.7 Å². The fourth-order valence-corrected chi connectivity index (χ4v) is 2.84. The first-order valence-corrected chi connectivity index (χ1v) is 7.58. The van der Waals surface area contributed by atoms with Crippen LogP contribution in [-0.4, -0.2) is 33.3 Å². The average Bonchev–Trinajstić information content (AvgIpc) is 2.73. The van der Waals surface area contributed by atoms with Crippen LogP contribution < -0.4 is 15.4 Å². The molecule has 114 valence electrons. The molecule has 0 saturated heterocycles. The first-order valence-electron chi connectivity index (χ1n) is 6.76. The van der Waals surface area contributed by atoms with Gasteiger partial charge in [0, 0.05) is 13.6 Å². The van der Waals surface area contributed by atoms with Gasteiger partial charge in [0.25, 0.3) is 0 Å². The minimum absolute atomic E-state index is 0.330. The van der Waals surface area contributed by atoms with Gasteiger partial charge in [0.15, 0.2) is 5.75 Å². The molecule has 0 saturated carbocycles. The number of carbonyl (C=O) groups excluding carboxylic acids is 1. The van der Waals surface area contributed by atoms with E-state index in [1.165, 1.54) is 11.3 Å². The largest absolute Gasteiger partial charge is 0.492 e. The normalized spacial score (nSPS) is 10.7. The number of nitrogen functional groups attached to an aromatic ring is 1. The highest BCUT2D eigenvalue weighted by Crippen LogP contribution is 2.44. The van der Waals surface area contributed by atoms with Crippen LogP contribution in [0.1, 0.15) is 36.9 Å². The van der Waals surface area contributed by atoms with Crippen LogP contribution in [0.4, 0.5) is 10.7 Å². The number of nitrogens with zero attached hydrogens (tertiary/aromatic N) is 1. The van der Waals surface area contributed by atoms with Crippen LogP contribution in [0, 0.1) is 5.92 Å². The van der Waals surface area contributed by atoms with Gasteiger partial charge in [0.2, 0.25) is 0 Å². The number of ether oxygens (including phenoxy) is 2. The van der Waals surface area contributed by atoms with Gasteiger partial charge in [-0.15, -0.1) is 11.3 Å². The van der Waals surface area contributed by atoms with Crippen molar-refractivity contribution in [1.82, 2.24) is 0 Å². The van der Waals surface area contributed by atoms with Crippen LogP contribution in [0.15, 0.2) is 0 Å². The lowest BCUT2D eigenvalue weighted by molar-refractivity contribution is 0.0533. The second-order valence-corrected chi connectivity index (χ2v) is 6.01. The summed E-state index contributed by atoms with van der Waals surface area (Å²) in [6, 6.07) is 0. The molecule has 0 amide bonds. The molecular formula is C14H24N2O3S. The van der Waals surface area contributed by atoms with Gasteiger partial charge in [-0.3, -0.25) is 0 Å². The molecule has 5 nitrogen and oxygen atoms in total. The van der Waals surface area contributed by atoms with Crippen molar-refractivity contribution >= 4 is 28.0 Å². The minimum Gasteiger partial charge on any atom is -0.492 e. The molecule has 0 spiro atoms. The predicted octanol–water partition coefficient (Wildman–Crippen LogP) is 3.00. The molecule has 0 unspecified atom stereocenters. The highest BCUT2D eigenvalue weighted by atomic mass is 32.1. The average molecular weight is 300 g/mol. The SMILES string of the molecule is CCOC(=O)c1sc(N(C)CCC(C)C)c(OC)c1N. The Bertz CT molecular complexity index is 458. The second-order valence-electron chi connectivity index (χ2n) is 5.01. The lowest BCUT2D eigenvalue weighted by atomic mass is 10.1. The van der Waals surface area contributed by atoms with Gasteiger partial charge >= 0.3 is 5.97 Å². The first-order chi connectivity index (χ1) is 9.42. The summed E-state index contributed by atoms with van der Waals surface area (Å²) in [6.07, 6.45) is 1.06. The summed E-state index contributed by atoms with van der Waals surface area (Å²) >= 11 is 1.32. The summed E-state index contributed by atoms with van der Waals surface area (Å²) in [4.78, 5) is 14.4. The Kier molecular flexibility index (Phi) is 6.13. The Morgan fingerprint density at radius 3 is 2.60 bits per heavy atom. The van der Waals surface area contributed by atoms with Gasteiger partial charge in [-0.2, -0.15) is 0 Å². The quantitative estimate of drug-likeness (QED) is 0.784. The van der Waals surface area contributed by atoms with Crippen LogP contribution in [0.3, 0.4) is 0 Å². The first kappa shape index (κ1) is 16.6. The molecule has 0 aliphatic carbocycles. The molecule has 20 heavy (non-hydrogen) atoms. The molecule has 0 aromatic carbocycles. The van der Waals surface area contributed by atoms with E-state index < -0.39 is 5.97 Å². The number of thiophene rings is 1. The van der Waals surface area contributed by atoms with Crippen molar-refractivity contribution in [2.75, 3.05) is 37.9 Å². The van der Waals surface area contributed by atoms with Gasteiger partial charge < -0.3 is 20.1 Å². The number of hydrogen-bond acceptors (Lipinski definition) is 6. The molecule has 0 bridgehead atoms. The third-order valence-corrected chi connectivity index (χ3v) is 4.22. The third kappa shape index (κ3) is 3.79. The Hall–Kier alpha value is -1.43. The molecule has 2 N–H and O–H groups in total. The van der Waals surface area contributed by atoms with Crippen molar-refractivity contribution in [3.63, 3.8) is 0 Å². The molecule has 1 aromatic rings. The van der Waals surface area contributed by atoms with Crippen molar-refractivity contribution < 1.29 is 14.3 Å². The highest BCUT2D eigenvalue weighted by molar-refractivity contribution is 7.19. The van der Waals surface area contributed by atoms with Crippen LogP contribution in [0.25, 0.3) is 0 Å². The molecule has 0 atom stereocenters. The second kappa shape index (κ2) is 7.38. The van der Waals surface area contributed by atoms with Crippen LogP contribution in [-0.2, 0) is 4.74 Å². The van der Waals surface area contributed by atoms with Crippen molar-refractivity contribution in [3.05, 3.63) is 4.88 Å². The maximum absolute atomic E-state index is 11.9. The van der Waals surface area contributed by atoms with Gasteiger partial charge in [0.1, 0.15) is 15.6 Å². The Labute approximate surface area is 124 Å². The van der Waals surface area contributed by atoms with E-state index in [1.807, 2.05) is 7.05 Å². The fourth-order valence-electron chi connectivity index (χ4n) is 1.77. The number of anilines is 2. The zero-order chi connectivity index (χ0) is 15.3. The van der Waals surface area contributed by atoms with E-state index in [0.717, 1.165) is 18.0 Å². The third-order valence-electron chi connectivity index (χ3n) is 2.94. The summed E-state index contributed by atoms with van der Waals surface area (Å²) in [5.41, 5.74) is 6.36. The van der Waals surface area contributed by atoms with E-state index in [9.17, 15) is 4.79 Å². The van der Waals surface area contributed by atoms with E-state index in [-0.39, 0.29) is 0 Å². The maximum Gasteiger partial charge on any atom is 0.350 e. The Balaban J connectivity index is 3.01. The number of esters is 1. The Morgan fingerprint density at radius 1 is 1.45 bits per heavy atom. The number of methoxy groups -OCH3 is 1. The van der Waals surface area contributed by atoms with E-state index in [1.54, 1.807) is 14.0 Å². The van der Waals surface area contributed by atoms with Crippen molar-refractivity contribution in [2.24, 2.45) is 5.92 Å². The van der Waals surface area contributed by atoms with Crippen LogP contribution >= 0.6 is 11.3 Å². The lowest BCUT2D eigenvalue weighted by Gasteiger charge is -2.19. The summed E-state index contributed by atoms with van der Waals surface area (Å²) in [7, 11) is 3.54. The zero-order valence-electron chi connectivity index (χ0n) is 12.9. The maximum atomic E-state index is 11.9. The van der Waals surface area contributed by atoms with E-state index in [2.05, 4.69) is 18.7 Å². The van der Waals surface area contributed by atoms with Gasteiger partial charge in [-0.05, 0) is 19.3 Å². The molecule has 0 aliphatic rings. The monoisotopic (exact) mass is 300 g/mol. The molecule has 1 aromatic heterocycles. The molecular weight excluding hydrogens is 276 g/mol. The van der Waals surface area contributed by atoms with Gasteiger partial charge in [-0.1, -0.05) is 13.8 Å². The summed E-state index contributed by atoms with van der Waals surface area (Å²) in [6.45, 7) is 7.34. The highest BCUT2D eigenvalue weighted by Gasteiger charge is 2.24. The smallest absolute Gasteiger partial charge is 0.350 e. The molecule has 0 aliphatic heterocycles. The summed E-state index contributed by atoms with van der Waals surface area (Å²) < 4.78 is 10.4. The van der Waals surface area contributed by atoms with Crippen molar-refractivity contribution in [3.8, 4) is 5.75 Å². The molecule has 0 fully saturated rings. The predicted molar refractivity (Wildman–Crippen MR) is 84.0 cm³/mol. The van der Waals surface area contributed by atoms with Crippen molar-refractivity contribution in [2.45, 2.75) is 27.2 Å². The van der Waals surface area contributed by atoms with E-state index in [0.29, 0.717) is 28.8 Å². The zero-order valence-corrected chi connectivity index (χ0v) is 13.7. The number of carbonyl (C=O) groups is 1. The number of hydrogen-bond donors (Lipinski definition) is 1. The van der Waals surface area contributed by atoms with Crippen LogP contribution in [0.5, 0.6) is 5.75 Å². The van der Waals surface area contributed by atoms with Gasteiger partial charge in [-0.25, -0.2) is 4.79 Å². The Morgan fingerprint density at radius 2 is 2.10 bits per heavy atom. The summed E-state index contributed by atoms with van der Waals surface area (Å²) in [5.74, 6) is 0.784. The molecule has 6 heteroatoms. The van der Waals surface area contributed by atoms with E-state index in [4.69, 9.17) is 15.2 Å². The standard InChI is InChI=1S/C14H24N2O3S/c1-6-19-14(17)12-10(15)11(18-5)13(20-12)16(4)8-7-9(2)3/h9H,6-8,15H2,1-5H3. The van der Waals surface area contributed by atoms with Crippen LogP contribution in [0.2, 0.25) is 0 Å². The topological polar surface area (TPSA) is 64.8 Å². The van der Waals surface area contributed by atoms with Crippen molar-refractivity contribution in [1.29, 1.82) is 0 Å². The molecule has 1 heterocycles.